The van der Waals surface area contributed by atoms with Gasteiger partial charge in [0.15, 0.2) is 0 Å². The van der Waals surface area contributed by atoms with Crippen LogP contribution in [0, 0.1) is 23.3 Å². The molecule has 0 spiro atoms. The molecule has 0 bridgehead atoms. The van der Waals surface area contributed by atoms with E-state index in [2.05, 4.69) is 5.32 Å². The minimum absolute atomic E-state index is 0.0347. The summed E-state index contributed by atoms with van der Waals surface area (Å²) in [7, 11) is 3.35. The number of amides is 1. The standard InChI is InChI=1S/C8H8AtNOS/c1-10-8(11)6-2-4-7(12-9)5-3-6/h2-5H,1H3,(H,10,11). The Morgan fingerprint density at radius 2 is 2.00 bits per heavy atom. The van der Waals surface area contributed by atoms with E-state index < -0.39 is 0 Å². The molecule has 1 rings (SSSR count). The average molecular weight is 376 g/mol. The number of rotatable bonds is 2. The predicted molar refractivity (Wildman–Crippen MR) is 45.7 cm³/mol. The summed E-state index contributed by atoms with van der Waals surface area (Å²) < 4.78 is 0. The minimum atomic E-state index is -0.0347. The van der Waals surface area contributed by atoms with Gasteiger partial charge >= 0.3 is 89.6 Å². The van der Waals surface area contributed by atoms with Crippen molar-refractivity contribution in [1.82, 2.24) is 5.32 Å². The molecule has 0 saturated carbocycles. The van der Waals surface area contributed by atoms with Crippen molar-refractivity contribution in [3.63, 3.8) is 0 Å². The van der Waals surface area contributed by atoms with Crippen LogP contribution in [-0.4, -0.2) is 13.0 Å². The van der Waals surface area contributed by atoms with Crippen molar-refractivity contribution < 1.29 is 28.0 Å². The van der Waals surface area contributed by atoms with Crippen molar-refractivity contribution >= 4 is 14.4 Å². The number of carbonyl (C=O) groups is 1. The van der Waals surface area contributed by atoms with Gasteiger partial charge in [-0.3, -0.25) is 0 Å². The molecule has 0 aliphatic heterocycles. The summed E-state index contributed by atoms with van der Waals surface area (Å²) in [5.74, 6) is -0.0347. The molecule has 1 amide bonds. The molecule has 0 saturated heterocycles. The van der Waals surface area contributed by atoms with Crippen LogP contribution in [0.1, 0.15) is 10.4 Å². The van der Waals surface area contributed by atoms with E-state index in [1.807, 2.05) is 24.3 Å². The van der Waals surface area contributed by atoms with E-state index in [-0.39, 0.29) is 5.91 Å². The second-order valence-corrected chi connectivity index (χ2v) is 4.61. The van der Waals surface area contributed by atoms with Gasteiger partial charge in [0, 0.05) is 0 Å². The Kier molecular flexibility index (Phi) is 4.03. The Labute approximate surface area is 89.2 Å². The zero-order valence-electron chi connectivity index (χ0n) is 6.50. The molecule has 1 N–H and O–H groups in total. The van der Waals surface area contributed by atoms with Gasteiger partial charge in [0.05, 0.1) is 0 Å². The van der Waals surface area contributed by atoms with Crippen LogP contribution in [0.5, 0.6) is 0 Å². The van der Waals surface area contributed by atoms with Crippen LogP contribution in [0.15, 0.2) is 29.2 Å². The molecular formula is C8H8AtNOS. The van der Waals surface area contributed by atoms with Crippen molar-refractivity contribution in [2.75, 3.05) is 7.05 Å². The van der Waals surface area contributed by atoms with Crippen molar-refractivity contribution in [3.05, 3.63) is 29.8 Å². The van der Waals surface area contributed by atoms with E-state index in [1.54, 1.807) is 38.8 Å². The monoisotopic (exact) mass is 376 g/mol. The fraction of sp³-hybridized carbons (Fsp3) is 0.125. The molecule has 0 aliphatic rings. The van der Waals surface area contributed by atoms with Gasteiger partial charge in [0.25, 0.3) is 0 Å². The third-order valence-corrected chi connectivity index (χ3v) is 3.96. The summed E-state index contributed by atoms with van der Waals surface area (Å²) in [6.45, 7) is 0. The number of carbonyl (C=O) groups excluding carboxylic acids is 1. The van der Waals surface area contributed by atoms with Gasteiger partial charge < -0.3 is 0 Å². The Hall–Kier alpha value is -0.0769. The summed E-state index contributed by atoms with van der Waals surface area (Å²) in [5.41, 5.74) is 0.710. The Balaban J connectivity index is 2.84. The molecule has 0 aliphatic carbocycles. The first-order valence-electron chi connectivity index (χ1n) is 3.38. The first-order chi connectivity index (χ1) is 5.77. The molecule has 0 atom stereocenters. The fourth-order valence-electron chi connectivity index (χ4n) is 0.802. The van der Waals surface area contributed by atoms with Crippen molar-refractivity contribution in [3.8, 4) is 0 Å². The van der Waals surface area contributed by atoms with Crippen LogP contribution >= 0.6 is 8.52 Å². The quantitative estimate of drug-likeness (QED) is 0.850. The third-order valence-electron chi connectivity index (χ3n) is 1.43. The van der Waals surface area contributed by atoms with E-state index in [0.29, 0.717) is 5.56 Å². The molecule has 0 unspecified atom stereocenters. The van der Waals surface area contributed by atoms with Gasteiger partial charge in [-0.15, -0.1) is 0 Å². The van der Waals surface area contributed by atoms with E-state index in [0.717, 1.165) is 0 Å². The molecule has 1 aromatic carbocycles. The maximum atomic E-state index is 11.1. The fourth-order valence-corrected chi connectivity index (χ4v) is 2.24. The normalized spacial score (nSPS) is 9.50. The van der Waals surface area contributed by atoms with Crippen LogP contribution < -0.4 is 5.32 Å². The number of hydrogen-bond acceptors (Lipinski definition) is 2. The van der Waals surface area contributed by atoms with Crippen LogP contribution in [0.3, 0.4) is 0 Å². The molecule has 1 aromatic rings. The molecule has 0 fully saturated rings. The summed E-state index contributed by atoms with van der Waals surface area (Å²) in [6.07, 6.45) is 0. The van der Waals surface area contributed by atoms with Crippen LogP contribution in [0.4, 0.5) is 0 Å². The first kappa shape index (κ1) is 10.0. The van der Waals surface area contributed by atoms with Crippen LogP contribution in [0.2, 0.25) is 0 Å². The maximum absolute atomic E-state index is 11.1. The van der Waals surface area contributed by atoms with Gasteiger partial charge in [-0.25, -0.2) is 0 Å². The average Bonchev–Trinajstić information content (AvgIpc) is 2.17. The second kappa shape index (κ2) is 4.83. The van der Waals surface area contributed by atoms with Crippen molar-refractivity contribution in [1.29, 1.82) is 0 Å². The van der Waals surface area contributed by atoms with Gasteiger partial charge in [-0.1, -0.05) is 0 Å². The summed E-state index contributed by atoms with van der Waals surface area (Å²) in [6, 6.07) is 7.57. The summed E-state index contributed by atoms with van der Waals surface area (Å²) in [4.78, 5) is 12.3. The first-order valence-corrected chi connectivity index (χ1v) is 7.70. The predicted octanol–water partition coefficient (Wildman–Crippen LogP) is 1.60. The third kappa shape index (κ3) is 2.46. The Bertz CT molecular complexity index is 273. The number of benzene rings is 1. The Morgan fingerprint density at radius 3 is 2.42 bits per heavy atom. The van der Waals surface area contributed by atoms with E-state index in [9.17, 15) is 4.79 Å². The van der Waals surface area contributed by atoms with Crippen molar-refractivity contribution in [2.45, 2.75) is 4.90 Å². The number of hydrogen-bond donors (Lipinski definition) is 1. The van der Waals surface area contributed by atoms with Gasteiger partial charge in [-0.05, 0) is 0 Å². The number of nitrogens with one attached hydrogen (secondary N) is 1. The van der Waals surface area contributed by atoms with Crippen molar-refractivity contribution in [2.24, 2.45) is 0 Å². The van der Waals surface area contributed by atoms with Crippen LogP contribution in [0.25, 0.3) is 0 Å². The van der Waals surface area contributed by atoms with Crippen LogP contribution in [-0.2, 0) is 0 Å². The second-order valence-electron chi connectivity index (χ2n) is 2.18. The van der Waals surface area contributed by atoms with E-state index in [1.165, 1.54) is 4.90 Å². The summed E-state index contributed by atoms with van der Waals surface area (Å²) >= 11 is 1.64. The molecule has 64 valence electrons. The summed E-state index contributed by atoms with van der Waals surface area (Å²) in [5, 5.41) is 2.58. The molecule has 12 heavy (non-hydrogen) atoms. The topological polar surface area (TPSA) is 29.1 Å². The van der Waals surface area contributed by atoms with E-state index >= 15 is 0 Å². The Morgan fingerprint density at radius 1 is 1.42 bits per heavy atom. The van der Waals surface area contributed by atoms with Gasteiger partial charge in [0.1, 0.15) is 0 Å². The molecule has 0 radical (unpaired) electrons. The van der Waals surface area contributed by atoms with Gasteiger partial charge in [0.2, 0.25) is 0 Å². The molecular weight excluding hydrogens is 368 g/mol. The molecule has 2 nitrogen and oxygen atoms in total. The molecule has 4 heteroatoms. The molecule has 0 heterocycles. The SMILES string of the molecule is CNC(=O)c1ccc(S[At])cc1. The zero-order chi connectivity index (χ0) is 8.97. The zero-order valence-corrected chi connectivity index (χ0v) is 10.3. The van der Waals surface area contributed by atoms with E-state index in [4.69, 9.17) is 0 Å². The molecule has 0 aromatic heterocycles. The van der Waals surface area contributed by atoms with Gasteiger partial charge in [-0.2, -0.15) is 0 Å².